The van der Waals surface area contributed by atoms with Gasteiger partial charge in [0.2, 0.25) is 11.8 Å². The number of anilines is 1. The van der Waals surface area contributed by atoms with E-state index in [0.717, 1.165) is 41.8 Å². The quantitative estimate of drug-likeness (QED) is 0.560. The summed E-state index contributed by atoms with van der Waals surface area (Å²) in [5.74, 6) is -1.64. The van der Waals surface area contributed by atoms with Crippen molar-refractivity contribution in [1.82, 2.24) is 25.1 Å². The molecule has 2 aromatic carbocycles. The number of nitrogens with zero attached hydrogens (tertiary/aromatic N) is 5. The minimum absolute atomic E-state index is 0.183. The average molecular weight is 489 g/mol. The molecule has 1 atom stereocenters. The van der Waals surface area contributed by atoms with Crippen LogP contribution in [-0.2, 0) is 22.7 Å². The molecule has 3 amide bonds. The lowest BCUT2D eigenvalue weighted by atomic mass is 10.0. The third kappa shape index (κ3) is 3.97. The second kappa shape index (κ2) is 8.94. The molecule has 9 nitrogen and oxygen atoms in total. The van der Waals surface area contributed by atoms with E-state index in [-0.39, 0.29) is 31.2 Å². The number of rotatable bonds is 4. The van der Waals surface area contributed by atoms with E-state index in [2.05, 4.69) is 31.2 Å². The summed E-state index contributed by atoms with van der Waals surface area (Å²) in [6.07, 6.45) is 3.85. The van der Waals surface area contributed by atoms with Crippen LogP contribution in [0.1, 0.15) is 34.3 Å². The lowest BCUT2D eigenvalue weighted by molar-refractivity contribution is -0.136. The van der Waals surface area contributed by atoms with Gasteiger partial charge in [0.1, 0.15) is 11.9 Å². The van der Waals surface area contributed by atoms with E-state index in [1.54, 1.807) is 12.4 Å². The summed E-state index contributed by atoms with van der Waals surface area (Å²) in [7, 11) is 0. The van der Waals surface area contributed by atoms with Crippen molar-refractivity contribution in [3.63, 3.8) is 0 Å². The molecule has 3 aliphatic heterocycles. The Morgan fingerprint density at radius 2 is 1.83 bits per heavy atom. The number of para-hydroxylation sites is 1. The number of hydrogen-bond donors (Lipinski definition) is 1. The number of amides is 3. The monoisotopic (exact) mass is 488 g/mol. The van der Waals surface area contributed by atoms with Crippen molar-refractivity contribution < 1.29 is 18.8 Å². The van der Waals surface area contributed by atoms with E-state index < -0.39 is 17.8 Å². The molecule has 3 aliphatic rings. The summed E-state index contributed by atoms with van der Waals surface area (Å²) in [6, 6.07) is 8.02. The van der Waals surface area contributed by atoms with E-state index >= 15 is 0 Å². The summed E-state index contributed by atoms with van der Waals surface area (Å²) < 4.78 is 14.6. The zero-order chi connectivity index (χ0) is 24.8. The number of piperidine rings is 1. The molecule has 2 saturated heterocycles. The van der Waals surface area contributed by atoms with Gasteiger partial charge in [0.25, 0.3) is 5.91 Å². The fraction of sp³-hybridized carbons (Fsp3) is 0.346. The first-order chi connectivity index (χ1) is 17.5. The van der Waals surface area contributed by atoms with E-state index in [9.17, 15) is 18.8 Å². The summed E-state index contributed by atoms with van der Waals surface area (Å²) in [5.41, 5.74) is 4.62. The van der Waals surface area contributed by atoms with Crippen molar-refractivity contribution in [2.45, 2.75) is 32.0 Å². The largest absolute Gasteiger partial charge is 0.369 e. The van der Waals surface area contributed by atoms with E-state index in [4.69, 9.17) is 0 Å². The number of nitrogens with one attached hydrogen (secondary N) is 1. The van der Waals surface area contributed by atoms with Crippen LogP contribution in [0.2, 0.25) is 0 Å². The van der Waals surface area contributed by atoms with Gasteiger partial charge in [0, 0.05) is 74.9 Å². The second-order valence-corrected chi connectivity index (χ2v) is 9.46. The molecule has 3 aromatic rings. The molecule has 0 saturated carbocycles. The molecule has 36 heavy (non-hydrogen) atoms. The predicted octanol–water partition coefficient (Wildman–Crippen LogP) is 1.85. The molecule has 1 unspecified atom stereocenters. The average Bonchev–Trinajstić information content (AvgIpc) is 3.20. The normalized spacial score (nSPS) is 20.7. The van der Waals surface area contributed by atoms with Crippen molar-refractivity contribution >= 4 is 34.4 Å². The number of piperazine rings is 1. The molecule has 184 valence electrons. The van der Waals surface area contributed by atoms with Crippen LogP contribution in [0.4, 0.5) is 10.1 Å². The molecule has 0 spiro atoms. The molecule has 6 rings (SSSR count). The SMILES string of the molecule is O=C1CCC(N2Cc3c(cc(F)cc3N3CCN(Cc4cccc5nccnc45)CC3)C2=O)C(=O)N1. The van der Waals surface area contributed by atoms with Crippen LogP contribution in [0.3, 0.4) is 0 Å². The number of fused-ring (bicyclic) bond motifs is 2. The van der Waals surface area contributed by atoms with Crippen molar-refractivity contribution in [3.8, 4) is 0 Å². The predicted molar refractivity (Wildman–Crippen MR) is 129 cm³/mol. The van der Waals surface area contributed by atoms with Crippen LogP contribution in [0.25, 0.3) is 11.0 Å². The van der Waals surface area contributed by atoms with Gasteiger partial charge in [-0.3, -0.25) is 34.6 Å². The van der Waals surface area contributed by atoms with E-state index in [1.165, 1.54) is 17.0 Å². The first-order valence-corrected chi connectivity index (χ1v) is 12.1. The Morgan fingerprint density at radius 1 is 1.03 bits per heavy atom. The Labute approximate surface area is 206 Å². The van der Waals surface area contributed by atoms with E-state index in [1.807, 2.05) is 12.1 Å². The highest BCUT2D eigenvalue weighted by Gasteiger charge is 2.41. The van der Waals surface area contributed by atoms with Crippen molar-refractivity contribution in [2.75, 3.05) is 31.1 Å². The van der Waals surface area contributed by atoms with Gasteiger partial charge in [-0.2, -0.15) is 0 Å². The van der Waals surface area contributed by atoms with Gasteiger partial charge in [-0.05, 0) is 30.2 Å². The van der Waals surface area contributed by atoms with Crippen LogP contribution >= 0.6 is 0 Å². The zero-order valence-electron chi connectivity index (χ0n) is 19.6. The highest BCUT2D eigenvalue weighted by atomic mass is 19.1. The number of hydrogen-bond acceptors (Lipinski definition) is 7. The molecule has 1 aromatic heterocycles. The first kappa shape index (κ1) is 22.5. The summed E-state index contributed by atoms with van der Waals surface area (Å²) in [6.45, 7) is 3.87. The van der Waals surface area contributed by atoms with E-state index in [0.29, 0.717) is 24.3 Å². The Balaban J connectivity index is 1.19. The van der Waals surface area contributed by atoms with Gasteiger partial charge < -0.3 is 9.80 Å². The Kier molecular flexibility index (Phi) is 5.60. The molecule has 0 aliphatic carbocycles. The Morgan fingerprint density at radius 3 is 2.64 bits per heavy atom. The summed E-state index contributed by atoms with van der Waals surface area (Å²) in [4.78, 5) is 51.9. The fourth-order valence-electron chi connectivity index (χ4n) is 5.46. The Hall–Kier alpha value is -3.92. The fourth-order valence-corrected chi connectivity index (χ4v) is 5.46. The molecule has 0 bridgehead atoms. The van der Waals surface area contributed by atoms with Gasteiger partial charge in [0.15, 0.2) is 0 Å². The molecule has 0 radical (unpaired) electrons. The number of halogens is 1. The number of carbonyl (C=O) groups is 3. The van der Waals surface area contributed by atoms with Gasteiger partial charge in [-0.25, -0.2) is 4.39 Å². The second-order valence-electron chi connectivity index (χ2n) is 9.46. The highest BCUT2D eigenvalue weighted by molar-refractivity contribution is 6.06. The lowest BCUT2D eigenvalue weighted by Gasteiger charge is -2.37. The smallest absolute Gasteiger partial charge is 0.255 e. The van der Waals surface area contributed by atoms with Crippen molar-refractivity contribution in [3.05, 3.63) is 65.2 Å². The summed E-state index contributed by atoms with van der Waals surface area (Å²) >= 11 is 0. The van der Waals surface area contributed by atoms with Gasteiger partial charge in [-0.1, -0.05) is 12.1 Å². The Bertz CT molecular complexity index is 1380. The maximum absolute atomic E-state index is 14.6. The number of carbonyl (C=O) groups excluding carboxylic acids is 3. The van der Waals surface area contributed by atoms with Crippen LogP contribution in [0.5, 0.6) is 0 Å². The number of imide groups is 1. The maximum atomic E-state index is 14.6. The molecule has 4 heterocycles. The minimum atomic E-state index is -0.723. The van der Waals surface area contributed by atoms with Crippen molar-refractivity contribution in [2.24, 2.45) is 0 Å². The molecular weight excluding hydrogens is 463 g/mol. The molecule has 1 N–H and O–H groups in total. The third-order valence-corrected chi connectivity index (χ3v) is 7.29. The third-order valence-electron chi connectivity index (χ3n) is 7.29. The van der Waals surface area contributed by atoms with Gasteiger partial charge in [0.05, 0.1) is 11.0 Å². The van der Waals surface area contributed by atoms with Crippen LogP contribution in [0, 0.1) is 5.82 Å². The zero-order valence-corrected chi connectivity index (χ0v) is 19.6. The lowest BCUT2D eigenvalue weighted by Crippen LogP contribution is -2.52. The first-order valence-electron chi connectivity index (χ1n) is 12.1. The van der Waals surface area contributed by atoms with Crippen molar-refractivity contribution in [1.29, 1.82) is 0 Å². The topological polar surface area (TPSA) is 98.7 Å². The van der Waals surface area contributed by atoms with Gasteiger partial charge >= 0.3 is 0 Å². The highest BCUT2D eigenvalue weighted by Crippen LogP contribution is 2.35. The molecule has 10 heteroatoms. The summed E-state index contributed by atoms with van der Waals surface area (Å²) in [5, 5.41) is 2.31. The van der Waals surface area contributed by atoms with Gasteiger partial charge in [-0.15, -0.1) is 0 Å². The standard InChI is InChI=1S/C26H25FN6O3/c27-17-12-18-19(15-33(26(18)36)21-4-5-23(34)30-25(21)35)22(13-17)32-10-8-31(9-11-32)14-16-2-1-3-20-24(16)29-7-6-28-20/h1-3,6-7,12-13,21H,4-5,8-11,14-15H2,(H,30,34,35). The minimum Gasteiger partial charge on any atom is -0.369 e. The van der Waals surface area contributed by atoms with Crippen LogP contribution in [0.15, 0.2) is 42.7 Å². The van der Waals surface area contributed by atoms with Crippen LogP contribution in [-0.4, -0.2) is 69.7 Å². The molecule has 2 fully saturated rings. The molecular formula is C26H25FN6O3. The number of aromatic nitrogens is 2. The maximum Gasteiger partial charge on any atom is 0.255 e. The number of benzene rings is 2. The van der Waals surface area contributed by atoms with Crippen LogP contribution < -0.4 is 10.2 Å².